The first kappa shape index (κ1) is 28.4. The SMILES string of the molecule is CCCO.Nc1nc(N[C@@H](CCC(=O)N[C@@H](CS)C(=O)NCC(=O)O)C(=O)O)nc2nc[nH]c12. The van der Waals surface area contributed by atoms with E-state index in [2.05, 4.69) is 48.5 Å². The highest BCUT2D eigenvalue weighted by Gasteiger charge is 2.23. The summed E-state index contributed by atoms with van der Waals surface area (Å²) in [6, 6.07) is -2.29. The number of fused-ring (bicyclic) bond motifs is 1. The van der Waals surface area contributed by atoms with Crippen molar-refractivity contribution in [3.8, 4) is 0 Å². The van der Waals surface area contributed by atoms with E-state index in [1.54, 1.807) is 0 Å². The van der Waals surface area contributed by atoms with Gasteiger partial charge in [-0.25, -0.2) is 9.78 Å². The van der Waals surface area contributed by atoms with Gasteiger partial charge >= 0.3 is 11.9 Å². The molecule has 34 heavy (non-hydrogen) atoms. The van der Waals surface area contributed by atoms with Gasteiger partial charge in [0.05, 0.1) is 6.33 Å². The number of nitrogen functional groups attached to an aromatic ring is 1. The Bertz CT molecular complexity index is 984. The zero-order valence-corrected chi connectivity index (χ0v) is 19.2. The Labute approximate surface area is 199 Å². The summed E-state index contributed by atoms with van der Waals surface area (Å²) in [7, 11) is 0. The second-order valence-corrected chi connectivity index (χ2v) is 7.11. The van der Waals surface area contributed by atoms with E-state index in [1.165, 1.54) is 6.33 Å². The minimum atomic E-state index is -1.25. The molecule has 2 aromatic heterocycles. The summed E-state index contributed by atoms with van der Waals surface area (Å²) >= 11 is 3.95. The number of aliphatic hydroxyl groups is 1. The lowest BCUT2D eigenvalue weighted by molar-refractivity contribution is -0.138. The van der Waals surface area contributed by atoms with Gasteiger partial charge in [0.2, 0.25) is 17.8 Å². The summed E-state index contributed by atoms with van der Waals surface area (Å²) < 4.78 is 0. The first-order valence-corrected chi connectivity index (χ1v) is 10.7. The number of thiol groups is 1. The summed E-state index contributed by atoms with van der Waals surface area (Å²) in [5, 5.41) is 32.9. The number of nitrogens with zero attached hydrogens (tertiary/aromatic N) is 3. The van der Waals surface area contributed by atoms with Crippen LogP contribution in [0.3, 0.4) is 0 Å². The molecule has 0 aromatic carbocycles. The van der Waals surface area contributed by atoms with Crippen LogP contribution in [0.4, 0.5) is 11.8 Å². The third kappa shape index (κ3) is 9.45. The Hall–Kier alpha value is -3.66. The van der Waals surface area contributed by atoms with Crippen molar-refractivity contribution in [2.24, 2.45) is 0 Å². The molecule has 0 aliphatic carbocycles. The van der Waals surface area contributed by atoms with Crippen molar-refractivity contribution in [3.05, 3.63) is 6.33 Å². The fraction of sp³-hybridized carbons (Fsp3) is 0.500. The van der Waals surface area contributed by atoms with Gasteiger partial charge in [-0.15, -0.1) is 0 Å². The highest BCUT2D eigenvalue weighted by Crippen LogP contribution is 2.16. The Kier molecular flexibility index (Phi) is 12.1. The number of hydrogen-bond acceptors (Lipinski definition) is 11. The number of aromatic nitrogens is 4. The van der Waals surface area contributed by atoms with E-state index in [0.717, 1.165) is 6.42 Å². The van der Waals surface area contributed by atoms with Crippen LogP contribution < -0.4 is 21.7 Å². The maximum atomic E-state index is 12.1. The van der Waals surface area contributed by atoms with Gasteiger partial charge in [0.25, 0.3) is 0 Å². The molecule has 2 rings (SSSR count). The van der Waals surface area contributed by atoms with Crippen molar-refractivity contribution in [1.82, 2.24) is 30.6 Å². The first-order chi connectivity index (χ1) is 16.1. The standard InChI is InChI=1S/C15H20N8O6S.C3H8O/c16-11-10-12(19-5-18-10)23-15(22-11)21-6(14(28)29)1-2-8(24)20-7(4-30)13(27)17-3-9(25)26;1-2-3-4/h5-7,30H,1-4H2,(H,17,27)(H,20,24)(H,25,26)(H,28,29)(H4,16,18,19,21,22,23);4H,2-3H2,1H3/t6-,7-;/m0./s1. The second kappa shape index (κ2) is 14.5. The van der Waals surface area contributed by atoms with Crippen LogP contribution in [0, 0.1) is 0 Å². The number of H-pyrrole nitrogens is 1. The number of amides is 2. The van der Waals surface area contributed by atoms with Gasteiger partial charge < -0.3 is 42.0 Å². The Morgan fingerprint density at radius 2 is 1.88 bits per heavy atom. The van der Waals surface area contributed by atoms with Crippen LogP contribution in [0.25, 0.3) is 11.2 Å². The predicted molar refractivity (Wildman–Crippen MR) is 124 cm³/mol. The summed E-state index contributed by atoms with van der Waals surface area (Å²) in [5.74, 6) is -3.89. The van der Waals surface area contributed by atoms with Crippen LogP contribution in [0.2, 0.25) is 0 Å². The molecule has 0 saturated carbocycles. The van der Waals surface area contributed by atoms with Gasteiger partial charge in [-0.05, 0) is 12.8 Å². The van der Waals surface area contributed by atoms with Crippen molar-refractivity contribution >= 4 is 59.3 Å². The lowest BCUT2D eigenvalue weighted by Gasteiger charge is -2.17. The highest BCUT2D eigenvalue weighted by atomic mass is 32.1. The van der Waals surface area contributed by atoms with Crippen LogP contribution in [0.5, 0.6) is 0 Å². The number of anilines is 2. The largest absolute Gasteiger partial charge is 0.480 e. The number of carboxylic acids is 2. The van der Waals surface area contributed by atoms with Crippen LogP contribution in [0.1, 0.15) is 26.2 Å². The van der Waals surface area contributed by atoms with Gasteiger partial charge in [-0.2, -0.15) is 22.6 Å². The molecule has 16 heteroatoms. The molecule has 15 nitrogen and oxygen atoms in total. The second-order valence-electron chi connectivity index (χ2n) is 6.75. The topological polar surface area (TPSA) is 246 Å². The van der Waals surface area contributed by atoms with Crippen molar-refractivity contribution in [3.63, 3.8) is 0 Å². The third-order valence-corrected chi connectivity index (χ3v) is 4.41. The molecule has 0 unspecified atom stereocenters. The summed E-state index contributed by atoms with van der Waals surface area (Å²) in [4.78, 5) is 60.6. The minimum absolute atomic E-state index is 0.0683. The average molecular weight is 501 g/mol. The molecule has 2 aromatic rings. The van der Waals surface area contributed by atoms with Gasteiger partial charge in [-0.1, -0.05) is 6.92 Å². The lowest BCUT2D eigenvalue weighted by Crippen LogP contribution is -2.49. The molecule has 0 aliphatic heterocycles. The summed E-state index contributed by atoms with van der Waals surface area (Å²) in [6.07, 6.45) is 1.84. The highest BCUT2D eigenvalue weighted by molar-refractivity contribution is 7.80. The normalized spacial score (nSPS) is 12.1. The third-order valence-electron chi connectivity index (χ3n) is 4.05. The Morgan fingerprint density at radius 1 is 1.21 bits per heavy atom. The zero-order valence-electron chi connectivity index (χ0n) is 18.3. The van der Waals surface area contributed by atoms with E-state index in [9.17, 15) is 24.3 Å². The first-order valence-electron chi connectivity index (χ1n) is 10.1. The van der Waals surface area contributed by atoms with Crippen molar-refractivity contribution in [2.45, 2.75) is 38.3 Å². The number of nitrogens with one attached hydrogen (secondary N) is 4. The monoisotopic (exact) mass is 500 g/mol. The van der Waals surface area contributed by atoms with Gasteiger partial charge in [0.1, 0.15) is 24.1 Å². The smallest absolute Gasteiger partial charge is 0.326 e. The quantitative estimate of drug-likeness (QED) is 0.152. The molecule has 0 fully saturated rings. The molecule has 2 atom stereocenters. The summed E-state index contributed by atoms with van der Waals surface area (Å²) in [6.45, 7) is 1.65. The zero-order chi connectivity index (χ0) is 25.7. The van der Waals surface area contributed by atoms with E-state index in [0.29, 0.717) is 12.1 Å². The number of aliphatic hydroxyl groups excluding tert-OH is 1. The van der Waals surface area contributed by atoms with Gasteiger partial charge in [-0.3, -0.25) is 14.4 Å². The minimum Gasteiger partial charge on any atom is -0.480 e. The number of carbonyl (C=O) groups is 4. The molecule has 9 N–H and O–H groups in total. The Balaban J connectivity index is 0.00000133. The molecule has 0 aliphatic rings. The van der Waals surface area contributed by atoms with Crippen molar-refractivity contribution in [2.75, 3.05) is 30.0 Å². The molecule has 0 spiro atoms. The molecule has 188 valence electrons. The van der Waals surface area contributed by atoms with Crippen LogP contribution >= 0.6 is 12.6 Å². The fourth-order valence-corrected chi connectivity index (χ4v) is 2.61. The van der Waals surface area contributed by atoms with Crippen LogP contribution in [0.15, 0.2) is 6.33 Å². The van der Waals surface area contributed by atoms with E-state index < -0.39 is 42.4 Å². The number of aromatic amines is 1. The molecule has 2 amide bonds. The van der Waals surface area contributed by atoms with E-state index in [-0.39, 0.29) is 36.0 Å². The van der Waals surface area contributed by atoms with Gasteiger partial charge in [0.15, 0.2) is 11.5 Å². The maximum absolute atomic E-state index is 12.1. The number of hydrogen-bond donors (Lipinski definition) is 9. The number of nitrogens with two attached hydrogens (primary N) is 1. The number of rotatable bonds is 12. The van der Waals surface area contributed by atoms with Crippen molar-refractivity contribution < 1.29 is 34.5 Å². The maximum Gasteiger partial charge on any atom is 0.326 e. The van der Waals surface area contributed by atoms with Crippen molar-refractivity contribution in [1.29, 1.82) is 0 Å². The number of imidazole rings is 1. The number of aliphatic carboxylic acids is 2. The van der Waals surface area contributed by atoms with Crippen LogP contribution in [-0.4, -0.2) is 90.0 Å². The average Bonchev–Trinajstić information content (AvgIpc) is 3.27. The molecule has 2 heterocycles. The van der Waals surface area contributed by atoms with E-state index in [4.69, 9.17) is 15.9 Å². The predicted octanol–water partition coefficient (Wildman–Crippen LogP) is -1.42. The number of carboxylic acid groups (broad SMARTS) is 2. The molecular weight excluding hydrogens is 472 g/mol. The molecule has 0 radical (unpaired) electrons. The molecule has 0 bridgehead atoms. The fourth-order valence-electron chi connectivity index (χ4n) is 2.36. The van der Waals surface area contributed by atoms with Gasteiger partial charge in [0, 0.05) is 18.8 Å². The Morgan fingerprint density at radius 3 is 2.44 bits per heavy atom. The summed E-state index contributed by atoms with van der Waals surface area (Å²) in [5.41, 5.74) is 6.42. The number of carbonyl (C=O) groups excluding carboxylic acids is 2. The van der Waals surface area contributed by atoms with E-state index >= 15 is 0 Å². The van der Waals surface area contributed by atoms with E-state index in [1.807, 2.05) is 6.92 Å². The lowest BCUT2D eigenvalue weighted by atomic mass is 10.1. The molecular formula is C18H28N8O7S. The molecule has 0 saturated heterocycles. The van der Waals surface area contributed by atoms with Crippen LogP contribution in [-0.2, 0) is 19.2 Å².